The Labute approximate surface area is 107 Å². The van der Waals surface area contributed by atoms with E-state index in [0.717, 1.165) is 31.6 Å². The van der Waals surface area contributed by atoms with Crippen LogP contribution in [0, 0.1) is 0 Å². The van der Waals surface area contributed by atoms with Crippen molar-refractivity contribution in [3.05, 3.63) is 29.3 Å². The molecule has 1 aromatic rings. The number of anilines is 1. The molecule has 1 atom stereocenters. The normalized spacial score (nSPS) is 21.5. The minimum atomic E-state index is 0.0974. The molecule has 1 N–H and O–H groups in total. The molecule has 0 radical (unpaired) electrons. The molecule has 0 aromatic heterocycles. The van der Waals surface area contributed by atoms with Gasteiger partial charge in [-0.2, -0.15) is 0 Å². The summed E-state index contributed by atoms with van der Waals surface area (Å²) in [5, 5.41) is 3.31. The van der Waals surface area contributed by atoms with Crippen LogP contribution < -0.4 is 5.32 Å². The SMILES string of the molecule is CN(C(=O)c1ccc2c(c1)CCN2)C1CCOC1. The van der Waals surface area contributed by atoms with E-state index in [9.17, 15) is 4.79 Å². The van der Waals surface area contributed by atoms with E-state index in [1.165, 1.54) is 11.3 Å². The molecule has 2 heterocycles. The number of ether oxygens (including phenoxy) is 1. The molecule has 96 valence electrons. The lowest BCUT2D eigenvalue weighted by Gasteiger charge is -2.23. The van der Waals surface area contributed by atoms with Crippen LogP contribution in [0.5, 0.6) is 0 Å². The summed E-state index contributed by atoms with van der Waals surface area (Å²) in [5.41, 5.74) is 3.20. The third-order valence-electron chi connectivity index (χ3n) is 3.84. The van der Waals surface area contributed by atoms with Crippen LogP contribution in [0.3, 0.4) is 0 Å². The minimum absolute atomic E-state index is 0.0974. The van der Waals surface area contributed by atoms with Crippen molar-refractivity contribution in [2.45, 2.75) is 18.9 Å². The average molecular weight is 246 g/mol. The van der Waals surface area contributed by atoms with E-state index in [2.05, 4.69) is 5.32 Å². The largest absolute Gasteiger partial charge is 0.384 e. The van der Waals surface area contributed by atoms with Gasteiger partial charge in [0.15, 0.2) is 0 Å². The number of likely N-dealkylation sites (N-methyl/N-ethyl adjacent to an activating group) is 1. The zero-order valence-corrected chi connectivity index (χ0v) is 10.6. The number of hydrogen-bond donors (Lipinski definition) is 1. The van der Waals surface area contributed by atoms with Gasteiger partial charge in [0.25, 0.3) is 5.91 Å². The topological polar surface area (TPSA) is 41.6 Å². The van der Waals surface area contributed by atoms with Gasteiger partial charge in [-0.05, 0) is 36.6 Å². The van der Waals surface area contributed by atoms with Gasteiger partial charge in [0.05, 0.1) is 12.6 Å². The van der Waals surface area contributed by atoms with E-state index in [1.807, 2.05) is 30.1 Å². The molecule has 0 saturated carbocycles. The Balaban J connectivity index is 1.79. The van der Waals surface area contributed by atoms with Crippen molar-refractivity contribution in [1.29, 1.82) is 0 Å². The Morgan fingerprint density at radius 2 is 2.39 bits per heavy atom. The summed E-state index contributed by atoms with van der Waals surface area (Å²) >= 11 is 0. The smallest absolute Gasteiger partial charge is 0.253 e. The first-order valence-electron chi connectivity index (χ1n) is 6.47. The zero-order valence-electron chi connectivity index (χ0n) is 10.6. The van der Waals surface area contributed by atoms with Gasteiger partial charge in [-0.15, -0.1) is 0 Å². The zero-order chi connectivity index (χ0) is 12.5. The monoisotopic (exact) mass is 246 g/mol. The van der Waals surface area contributed by atoms with Gasteiger partial charge in [-0.1, -0.05) is 0 Å². The molecule has 1 saturated heterocycles. The number of carbonyl (C=O) groups excluding carboxylic acids is 1. The Morgan fingerprint density at radius 3 is 3.17 bits per heavy atom. The van der Waals surface area contributed by atoms with Gasteiger partial charge < -0.3 is 15.0 Å². The van der Waals surface area contributed by atoms with Gasteiger partial charge in [-0.25, -0.2) is 0 Å². The highest BCUT2D eigenvalue weighted by Gasteiger charge is 2.25. The van der Waals surface area contributed by atoms with Crippen molar-refractivity contribution in [2.75, 3.05) is 32.1 Å². The van der Waals surface area contributed by atoms with E-state index >= 15 is 0 Å². The lowest BCUT2D eigenvalue weighted by molar-refractivity contribution is 0.0711. The van der Waals surface area contributed by atoms with E-state index < -0.39 is 0 Å². The molecule has 0 aliphatic carbocycles. The van der Waals surface area contributed by atoms with Gasteiger partial charge in [-0.3, -0.25) is 4.79 Å². The number of amides is 1. The molecule has 2 aliphatic heterocycles. The molecular weight excluding hydrogens is 228 g/mol. The fourth-order valence-electron chi connectivity index (χ4n) is 2.63. The third kappa shape index (κ3) is 1.97. The van der Waals surface area contributed by atoms with Crippen LogP contribution in [0.2, 0.25) is 0 Å². The number of hydrogen-bond acceptors (Lipinski definition) is 3. The Bertz CT molecular complexity index is 467. The first-order valence-corrected chi connectivity index (χ1v) is 6.47. The van der Waals surface area contributed by atoms with E-state index in [0.29, 0.717) is 6.61 Å². The van der Waals surface area contributed by atoms with E-state index in [4.69, 9.17) is 4.74 Å². The summed E-state index contributed by atoms with van der Waals surface area (Å²) < 4.78 is 5.33. The summed E-state index contributed by atoms with van der Waals surface area (Å²) in [5.74, 6) is 0.0974. The molecule has 4 heteroatoms. The highest BCUT2D eigenvalue weighted by molar-refractivity contribution is 5.95. The molecule has 3 rings (SSSR count). The van der Waals surface area contributed by atoms with Crippen LogP contribution >= 0.6 is 0 Å². The second kappa shape index (κ2) is 4.61. The Morgan fingerprint density at radius 1 is 1.50 bits per heavy atom. The lowest BCUT2D eigenvalue weighted by atomic mass is 10.1. The third-order valence-corrected chi connectivity index (χ3v) is 3.84. The molecule has 1 aromatic carbocycles. The summed E-state index contributed by atoms with van der Waals surface area (Å²) in [7, 11) is 1.87. The first-order chi connectivity index (χ1) is 8.75. The lowest BCUT2D eigenvalue weighted by Crippen LogP contribution is -2.37. The molecule has 0 bridgehead atoms. The summed E-state index contributed by atoms with van der Waals surface area (Å²) in [6.07, 6.45) is 1.95. The molecule has 2 aliphatic rings. The van der Waals surface area contributed by atoms with Gasteiger partial charge in [0.1, 0.15) is 0 Å². The van der Waals surface area contributed by atoms with Gasteiger partial charge in [0.2, 0.25) is 0 Å². The van der Waals surface area contributed by atoms with Gasteiger partial charge in [0, 0.05) is 31.5 Å². The number of nitrogens with one attached hydrogen (secondary N) is 1. The van der Waals surface area contributed by atoms with Crippen molar-refractivity contribution in [2.24, 2.45) is 0 Å². The second-order valence-electron chi connectivity index (χ2n) is 4.98. The predicted octanol–water partition coefficient (Wildman–Crippen LogP) is 1.52. The van der Waals surface area contributed by atoms with E-state index in [-0.39, 0.29) is 11.9 Å². The Hall–Kier alpha value is -1.55. The highest BCUT2D eigenvalue weighted by atomic mass is 16.5. The maximum Gasteiger partial charge on any atom is 0.253 e. The second-order valence-corrected chi connectivity index (χ2v) is 4.98. The molecule has 4 nitrogen and oxygen atoms in total. The van der Waals surface area contributed by atoms with Crippen LogP contribution in [0.1, 0.15) is 22.3 Å². The van der Waals surface area contributed by atoms with Crippen LogP contribution in [-0.2, 0) is 11.2 Å². The van der Waals surface area contributed by atoms with Crippen molar-refractivity contribution in [3.63, 3.8) is 0 Å². The fourth-order valence-corrected chi connectivity index (χ4v) is 2.63. The van der Waals surface area contributed by atoms with Crippen molar-refractivity contribution >= 4 is 11.6 Å². The first kappa shape index (κ1) is 11.5. The summed E-state index contributed by atoms with van der Waals surface area (Å²) in [6, 6.07) is 6.16. The molecule has 1 fully saturated rings. The summed E-state index contributed by atoms with van der Waals surface area (Å²) in [4.78, 5) is 14.2. The quantitative estimate of drug-likeness (QED) is 0.860. The number of benzene rings is 1. The molecule has 0 spiro atoms. The number of rotatable bonds is 2. The van der Waals surface area contributed by atoms with E-state index in [1.54, 1.807) is 0 Å². The van der Waals surface area contributed by atoms with Crippen molar-refractivity contribution in [1.82, 2.24) is 4.90 Å². The van der Waals surface area contributed by atoms with Crippen LogP contribution in [0.15, 0.2) is 18.2 Å². The van der Waals surface area contributed by atoms with Crippen molar-refractivity contribution < 1.29 is 9.53 Å². The van der Waals surface area contributed by atoms with Crippen LogP contribution in [0.25, 0.3) is 0 Å². The fraction of sp³-hybridized carbons (Fsp3) is 0.500. The molecular formula is C14H18N2O2. The maximum absolute atomic E-state index is 12.4. The highest BCUT2D eigenvalue weighted by Crippen LogP contribution is 2.24. The number of carbonyl (C=O) groups is 1. The molecule has 18 heavy (non-hydrogen) atoms. The maximum atomic E-state index is 12.4. The predicted molar refractivity (Wildman–Crippen MR) is 70.0 cm³/mol. The minimum Gasteiger partial charge on any atom is -0.384 e. The summed E-state index contributed by atoms with van der Waals surface area (Å²) in [6.45, 7) is 2.39. The number of nitrogens with zero attached hydrogens (tertiary/aromatic N) is 1. The van der Waals surface area contributed by atoms with Gasteiger partial charge >= 0.3 is 0 Å². The van der Waals surface area contributed by atoms with Crippen LogP contribution in [0.4, 0.5) is 5.69 Å². The number of fused-ring (bicyclic) bond motifs is 1. The average Bonchev–Trinajstić information content (AvgIpc) is 3.06. The van der Waals surface area contributed by atoms with Crippen LogP contribution in [-0.4, -0.2) is 43.7 Å². The Kier molecular flexibility index (Phi) is 2.96. The molecule has 1 amide bonds. The molecule has 1 unspecified atom stereocenters. The van der Waals surface area contributed by atoms with Crippen molar-refractivity contribution in [3.8, 4) is 0 Å². The standard InChI is InChI=1S/C14H18N2O2/c1-16(12-5-7-18-9-12)14(17)11-2-3-13-10(8-11)4-6-15-13/h2-3,8,12,15H,4-7,9H2,1H3.